The summed E-state index contributed by atoms with van der Waals surface area (Å²) in [7, 11) is 0. The van der Waals surface area contributed by atoms with Crippen molar-refractivity contribution in [2.24, 2.45) is 0 Å². The van der Waals surface area contributed by atoms with Gasteiger partial charge < -0.3 is 15.2 Å². The van der Waals surface area contributed by atoms with Gasteiger partial charge in [0.25, 0.3) is 0 Å². The van der Waals surface area contributed by atoms with Crippen LogP contribution in [0.15, 0.2) is 30.5 Å². The summed E-state index contributed by atoms with van der Waals surface area (Å²) in [4.78, 5) is 15.5. The topological polar surface area (TPSA) is 71.5 Å². The average Bonchev–Trinajstić information content (AvgIpc) is 2.45. The summed E-state index contributed by atoms with van der Waals surface area (Å²) in [5, 5.41) is 14.2. The van der Waals surface area contributed by atoms with Crippen LogP contribution >= 0.6 is 0 Å². The molecule has 3 rings (SSSR count). The van der Waals surface area contributed by atoms with Gasteiger partial charge in [-0.05, 0) is 19.8 Å². The molecule has 0 spiro atoms. The van der Waals surface area contributed by atoms with Gasteiger partial charge in [0, 0.05) is 29.6 Å². The largest absolute Gasteiger partial charge is 0.478 e. The third-order valence-corrected chi connectivity index (χ3v) is 3.86. The van der Waals surface area contributed by atoms with Crippen LogP contribution in [0, 0.1) is 0 Å². The third kappa shape index (κ3) is 2.69. The minimum absolute atomic E-state index is 0.233. The van der Waals surface area contributed by atoms with Crippen LogP contribution in [0.2, 0.25) is 0 Å². The summed E-state index contributed by atoms with van der Waals surface area (Å²) < 4.78 is 5.55. The number of aromatic carboxylic acids is 1. The Morgan fingerprint density at radius 3 is 2.76 bits per heavy atom. The van der Waals surface area contributed by atoms with E-state index in [0.717, 1.165) is 30.7 Å². The Bertz CT molecular complexity index is 666. The van der Waals surface area contributed by atoms with E-state index < -0.39 is 5.97 Å². The van der Waals surface area contributed by atoms with Gasteiger partial charge in [0.1, 0.15) is 5.82 Å². The molecule has 110 valence electrons. The first kappa shape index (κ1) is 13.8. The van der Waals surface area contributed by atoms with Crippen LogP contribution in [-0.2, 0) is 4.74 Å². The van der Waals surface area contributed by atoms with Crippen LogP contribution in [0.25, 0.3) is 10.8 Å². The van der Waals surface area contributed by atoms with Crippen molar-refractivity contribution in [1.29, 1.82) is 0 Å². The predicted molar refractivity (Wildman–Crippen MR) is 80.8 cm³/mol. The molecule has 1 heterocycles. The number of pyridine rings is 1. The molecule has 5 nitrogen and oxygen atoms in total. The molecule has 1 aliphatic carbocycles. The number of nitrogens with zero attached hydrogens (tertiary/aromatic N) is 1. The number of rotatable bonds is 5. The standard InChI is InChI=1S/C16H18N2O3/c1-2-21-11-7-10(8-11)18-15-13-6-4-3-5-12(13)14(9-17-15)16(19)20/h3-6,9-11H,2,7-8H2,1H3,(H,17,18)(H,19,20). The molecule has 2 aromatic rings. The van der Waals surface area contributed by atoms with Crippen molar-refractivity contribution >= 4 is 22.6 Å². The quantitative estimate of drug-likeness (QED) is 0.884. The molecule has 1 aliphatic rings. The number of ether oxygens (including phenoxy) is 1. The van der Waals surface area contributed by atoms with Crippen LogP contribution in [-0.4, -0.2) is 34.8 Å². The molecule has 0 amide bonds. The number of nitrogens with one attached hydrogen (secondary N) is 1. The van der Waals surface area contributed by atoms with E-state index in [2.05, 4.69) is 10.3 Å². The van der Waals surface area contributed by atoms with Gasteiger partial charge in [-0.25, -0.2) is 9.78 Å². The summed E-state index contributed by atoms with van der Waals surface area (Å²) in [6.07, 6.45) is 3.68. The number of carboxylic acids is 1. The van der Waals surface area contributed by atoms with Crippen LogP contribution in [0.4, 0.5) is 5.82 Å². The molecule has 0 atom stereocenters. The van der Waals surface area contributed by atoms with Crippen molar-refractivity contribution in [2.75, 3.05) is 11.9 Å². The van der Waals surface area contributed by atoms with Gasteiger partial charge in [0.15, 0.2) is 0 Å². The lowest BCUT2D eigenvalue weighted by molar-refractivity contribution is 0.00295. The van der Waals surface area contributed by atoms with E-state index in [1.165, 1.54) is 6.20 Å². The molecule has 0 bridgehead atoms. The highest BCUT2D eigenvalue weighted by atomic mass is 16.5. The van der Waals surface area contributed by atoms with Crippen LogP contribution in [0.3, 0.4) is 0 Å². The Labute approximate surface area is 123 Å². The smallest absolute Gasteiger partial charge is 0.337 e. The first-order chi connectivity index (χ1) is 10.2. The number of carboxylic acid groups (broad SMARTS) is 1. The molecule has 0 unspecified atom stereocenters. The summed E-state index contributed by atoms with van der Waals surface area (Å²) in [6.45, 7) is 2.74. The van der Waals surface area contributed by atoms with E-state index in [1.807, 2.05) is 31.2 Å². The van der Waals surface area contributed by atoms with Gasteiger partial charge in [-0.15, -0.1) is 0 Å². The molecule has 1 aromatic carbocycles. The first-order valence-electron chi connectivity index (χ1n) is 7.18. The molecule has 0 aliphatic heterocycles. The molecule has 1 fully saturated rings. The van der Waals surface area contributed by atoms with Crippen LogP contribution in [0.5, 0.6) is 0 Å². The van der Waals surface area contributed by atoms with Gasteiger partial charge in [-0.3, -0.25) is 0 Å². The molecule has 21 heavy (non-hydrogen) atoms. The van der Waals surface area contributed by atoms with Gasteiger partial charge in [-0.1, -0.05) is 24.3 Å². The number of hydrogen-bond acceptors (Lipinski definition) is 4. The van der Waals surface area contributed by atoms with Crippen molar-refractivity contribution in [1.82, 2.24) is 4.98 Å². The fourth-order valence-corrected chi connectivity index (χ4v) is 2.73. The summed E-state index contributed by atoms with van der Waals surface area (Å²) in [5.74, 6) is -0.208. The van der Waals surface area contributed by atoms with E-state index in [1.54, 1.807) is 0 Å². The number of benzene rings is 1. The Hall–Kier alpha value is -2.14. The fourth-order valence-electron chi connectivity index (χ4n) is 2.73. The van der Waals surface area contributed by atoms with Crippen molar-refractivity contribution in [3.8, 4) is 0 Å². The number of hydrogen-bond donors (Lipinski definition) is 2. The molecule has 1 aromatic heterocycles. The van der Waals surface area contributed by atoms with Gasteiger partial charge >= 0.3 is 5.97 Å². The highest BCUT2D eigenvalue weighted by Crippen LogP contribution is 2.30. The highest BCUT2D eigenvalue weighted by Gasteiger charge is 2.30. The molecule has 0 saturated heterocycles. The molecule has 5 heteroatoms. The lowest BCUT2D eigenvalue weighted by Gasteiger charge is -2.35. The maximum Gasteiger partial charge on any atom is 0.337 e. The summed E-state index contributed by atoms with van der Waals surface area (Å²) in [6, 6.07) is 7.79. The normalized spacial score (nSPS) is 21.0. The Morgan fingerprint density at radius 1 is 1.38 bits per heavy atom. The second kappa shape index (κ2) is 5.69. The average molecular weight is 286 g/mol. The van der Waals surface area contributed by atoms with E-state index >= 15 is 0 Å². The molecular formula is C16H18N2O3. The van der Waals surface area contributed by atoms with Gasteiger partial charge in [-0.2, -0.15) is 0 Å². The lowest BCUT2D eigenvalue weighted by atomic mass is 9.89. The zero-order valence-electron chi connectivity index (χ0n) is 11.9. The van der Waals surface area contributed by atoms with Crippen LogP contribution in [0.1, 0.15) is 30.1 Å². The molecule has 0 radical (unpaired) electrons. The number of anilines is 1. The van der Waals surface area contributed by atoms with Crippen molar-refractivity contribution in [3.05, 3.63) is 36.0 Å². The Kier molecular flexibility index (Phi) is 3.75. The molecule has 2 N–H and O–H groups in total. The predicted octanol–water partition coefficient (Wildman–Crippen LogP) is 2.91. The fraction of sp³-hybridized carbons (Fsp3) is 0.375. The minimum atomic E-state index is -0.953. The lowest BCUT2D eigenvalue weighted by Crippen LogP contribution is -2.41. The number of carbonyl (C=O) groups is 1. The van der Waals surface area contributed by atoms with Crippen molar-refractivity contribution in [3.63, 3.8) is 0 Å². The first-order valence-corrected chi connectivity index (χ1v) is 7.18. The maximum atomic E-state index is 11.3. The van der Waals surface area contributed by atoms with E-state index in [4.69, 9.17) is 4.74 Å². The molecule has 1 saturated carbocycles. The number of fused-ring (bicyclic) bond motifs is 1. The van der Waals surface area contributed by atoms with Crippen molar-refractivity contribution < 1.29 is 14.6 Å². The Morgan fingerprint density at radius 2 is 2.10 bits per heavy atom. The van der Waals surface area contributed by atoms with E-state index in [-0.39, 0.29) is 5.56 Å². The van der Waals surface area contributed by atoms with Crippen LogP contribution < -0.4 is 5.32 Å². The maximum absolute atomic E-state index is 11.3. The summed E-state index contributed by atoms with van der Waals surface area (Å²) in [5.41, 5.74) is 0.233. The molecular weight excluding hydrogens is 268 g/mol. The zero-order chi connectivity index (χ0) is 14.8. The van der Waals surface area contributed by atoms with Gasteiger partial charge in [0.05, 0.1) is 11.7 Å². The highest BCUT2D eigenvalue weighted by molar-refractivity contribution is 6.06. The monoisotopic (exact) mass is 286 g/mol. The SMILES string of the molecule is CCOC1CC(Nc2ncc(C(=O)O)c3ccccc23)C1. The second-order valence-corrected chi connectivity index (χ2v) is 5.26. The minimum Gasteiger partial charge on any atom is -0.478 e. The van der Waals surface area contributed by atoms with Crippen molar-refractivity contribution in [2.45, 2.75) is 31.9 Å². The summed E-state index contributed by atoms with van der Waals surface area (Å²) >= 11 is 0. The third-order valence-electron chi connectivity index (χ3n) is 3.86. The van der Waals surface area contributed by atoms with Gasteiger partial charge in [0.2, 0.25) is 0 Å². The van der Waals surface area contributed by atoms with E-state index in [0.29, 0.717) is 17.5 Å². The number of aromatic nitrogens is 1. The Balaban J connectivity index is 1.84. The zero-order valence-corrected chi connectivity index (χ0v) is 11.9. The van der Waals surface area contributed by atoms with E-state index in [9.17, 15) is 9.90 Å². The second-order valence-electron chi connectivity index (χ2n) is 5.26.